The Hall–Kier alpha value is -1.34. The van der Waals surface area contributed by atoms with E-state index < -0.39 is 5.97 Å². The summed E-state index contributed by atoms with van der Waals surface area (Å²) in [4.78, 5) is 28.5. The first-order valence-corrected chi connectivity index (χ1v) is 7.06. The number of hydrogen-bond acceptors (Lipinski definition) is 4. The first-order chi connectivity index (χ1) is 9.45. The fourth-order valence-corrected chi connectivity index (χ4v) is 2.33. The van der Waals surface area contributed by atoms with Crippen molar-refractivity contribution in [2.75, 3.05) is 45.9 Å². The second-order valence-electron chi connectivity index (χ2n) is 5.30. The highest BCUT2D eigenvalue weighted by atomic mass is 16.4. The first-order valence-electron chi connectivity index (χ1n) is 7.06. The lowest BCUT2D eigenvalue weighted by atomic mass is 10.3. The third kappa shape index (κ3) is 4.97. The molecule has 0 aromatic rings. The van der Waals surface area contributed by atoms with Gasteiger partial charge in [0, 0.05) is 32.2 Å². The number of rotatable bonds is 5. The number of carboxylic acid groups (broad SMARTS) is 1. The molecule has 0 atom stereocenters. The summed E-state index contributed by atoms with van der Waals surface area (Å²) < 4.78 is 0. The number of carbonyl (C=O) groups is 2. The van der Waals surface area contributed by atoms with Gasteiger partial charge in [-0.2, -0.15) is 0 Å². The van der Waals surface area contributed by atoms with Gasteiger partial charge in [0.05, 0.1) is 6.61 Å². The summed E-state index contributed by atoms with van der Waals surface area (Å²) in [6.07, 6.45) is 0.838. The van der Waals surface area contributed by atoms with E-state index >= 15 is 0 Å². The Kier molecular flexibility index (Phi) is 6.74. The molecule has 2 amide bonds. The van der Waals surface area contributed by atoms with Crippen LogP contribution in [0.3, 0.4) is 0 Å². The molecule has 1 aliphatic rings. The number of urea groups is 1. The van der Waals surface area contributed by atoms with Crippen LogP contribution in [0.2, 0.25) is 0 Å². The second-order valence-corrected chi connectivity index (χ2v) is 5.30. The molecule has 20 heavy (non-hydrogen) atoms. The topological polar surface area (TPSA) is 84.3 Å². The van der Waals surface area contributed by atoms with E-state index in [2.05, 4.69) is 4.90 Å². The van der Waals surface area contributed by atoms with Crippen molar-refractivity contribution in [3.8, 4) is 0 Å². The quantitative estimate of drug-likeness (QED) is 0.738. The summed E-state index contributed by atoms with van der Waals surface area (Å²) in [6, 6.07) is -0.358. The van der Waals surface area contributed by atoms with Crippen LogP contribution in [0.5, 0.6) is 0 Å². The standard InChI is InChI=1S/C13H25N3O4/c1-11(2)16(10-12(18)19)13(20)15-5-3-4-14(6-7-15)8-9-17/h11,17H,3-10H2,1-2H3,(H,18,19). The lowest BCUT2D eigenvalue weighted by molar-refractivity contribution is -0.138. The van der Waals surface area contributed by atoms with Gasteiger partial charge in [0.1, 0.15) is 6.54 Å². The number of nitrogens with zero attached hydrogens (tertiary/aromatic N) is 3. The van der Waals surface area contributed by atoms with Gasteiger partial charge in [0.25, 0.3) is 0 Å². The predicted molar refractivity (Wildman–Crippen MR) is 74.6 cm³/mol. The van der Waals surface area contributed by atoms with Crippen molar-refractivity contribution in [2.45, 2.75) is 26.3 Å². The predicted octanol–water partition coefficient (Wildman–Crippen LogP) is -0.0986. The molecule has 0 unspecified atom stereocenters. The average Bonchev–Trinajstić information content (AvgIpc) is 2.61. The molecule has 0 aliphatic carbocycles. The number of β-amino-alcohol motifs (C(OH)–C–C–N with tert-alkyl or cyclic N) is 1. The second kappa shape index (κ2) is 8.06. The normalized spacial score (nSPS) is 17.1. The Labute approximate surface area is 119 Å². The van der Waals surface area contributed by atoms with Gasteiger partial charge < -0.3 is 20.0 Å². The third-order valence-electron chi connectivity index (χ3n) is 3.45. The van der Waals surface area contributed by atoms with Crippen LogP contribution in [0, 0.1) is 0 Å². The number of aliphatic carboxylic acids is 1. The molecule has 1 heterocycles. The number of aliphatic hydroxyl groups is 1. The minimum absolute atomic E-state index is 0.116. The third-order valence-corrected chi connectivity index (χ3v) is 3.45. The minimum atomic E-state index is -0.997. The van der Waals surface area contributed by atoms with Gasteiger partial charge in [0.15, 0.2) is 0 Å². The largest absolute Gasteiger partial charge is 0.480 e. The summed E-state index contributed by atoms with van der Waals surface area (Å²) >= 11 is 0. The van der Waals surface area contributed by atoms with Crippen molar-refractivity contribution in [1.82, 2.24) is 14.7 Å². The van der Waals surface area contributed by atoms with E-state index in [1.54, 1.807) is 4.90 Å². The molecule has 7 heteroatoms. The van der Waals surface area contributed by atoms with Crippen molar-refractivity contribution >= 4 is 12.0 Å². The zero-order chi connectivity index (χ0) is 15.1. The lowest BCUT2D eigenvalue weighted by Gasteiger charge is -2.31. The summed E-state index contributed by atoms with van der Waals surface area (Å²) in [5.41, 5.74) is 0. The Morgan fingerprint density at radius 3 is 2.45 bits per heavy atom. The van der Waals surface area contributed by atoms with Gasteiger partial charge in [-0.1, -0.05) is 0 Å². The molecule has 1 rings (SSSR count). The van der Waals surface area contributed by atoms with Gasteiger partial charge in [-0.3, -0.25) is 9.69 Å². The first kappa shape index (κ1) is 16.7. The molecule has 116 valence electrons. The summed E-state index contributed by atoms with van der Waals surface area (Å²) in [6.45, 7) is 6.86. The van der Waals surface area contributed by atoms with Crippen molar-refractivity contribution in [3.63, 3.8) is 0 Å². The van der Waals surface area contributed by atoms with Crippen LogP contribution in [-0.4, -0.2) is 88.8 Å². The molecule has 7 nitrogen and oxygen atoms in total. The fourth-order valence-electron chi connectivity index (χ4n) is 2.33. The maximum atomic E-state index is 12.4. The Morgan fingerprint density at radius 2 is 1.90 bits per heavy atom. The van der Waals surface area contributed by atoms with Gasteiger partial charge in [-0.15, -0.1) is 0 Å². The van der Waals surface area contributed by atoms with E-state index in [4.69, 9.17) is 10.2 Å². The van der Waals surface area contributed by atoms with Gasteiger partial charge in [0.2, 0.25) is 0 Å². The van der Waals surface area contributed by atoms with Gasteiger partial charge >= 0.3 is 12.0 Å². The number of hydrogen-bond donors (Lipinski definition) is 2. The van der Waals surface area contributed by atoms with Crippen molar-refractivity contribution in [3.05, 3.63) is 0 Å². The zero-order valence-electron chi connectivity index (χ0n) is 12.3. The minimum Gasteiger partial charge on any atom is -0.480 e. The summed E-state index contributed by atoms with van der Waals surface area (Å²) in [5, 5.41) is 17.8. The van der Waals surface area contributed by atoms with E-state index in [-0.39, 0.29) is 25.2 Å². The maximum Gasteiger partial charge on any atom is 0.323 e. The Morgan fingerprint density at radius 1 is 1.20 bits per heavy atom. The number of carboxylic acids is 1. The van der Waals surface area contributed by atoms with E-state index in [1.165, 1.54) is 4.90 Å². The van der Waals surface area contributed by atoms with Gasteiger partial charge in [-0.25, -0.2) is 4.79 Å². The van der Waals surface area contributed by atoms with E-state index in [1.807, 2.05) is 13.8 Å². The highest BCUT2D eigenvalue weighted by molar-refractivity contribution is 5.80. The number of carbonyl (C=O) groups excluding carboxylic acids is 1. The molecule has 1 fully saturated rings. The number of amides is 2. The lowest BCUT2D eigenvalue weighted by Crippen LogP contribution is -2.49. The Balaban J connectivity index is 2.62. The maximum absolute atomic E-state index is 12.4. The highest BCUT2D eigenvalue weighted by Crippen LogP contribution is 2.09. The van der Waals surface area contributed by atoms with Crippen molar-refractivity contribution in [2.24, 2.45) is 0 Å². The Bertz CT molecular complexity index is 336. The van der Waals surface area contributed by atoms with E-state index in [9.17, 15) is 9.59 Å². The van der Waals surface area contributed by atoms with Crippen LogP contribution < -0.4 is 0 Å². The molecule has 0 saturated carbocycles. The smallest absolute Gasteiger partial charge is 0.323 e. The van der Waals surface area contributed by atoms with Crippen LogP contribution in [0.15, 0.2) is 0 Å². The van der Waals surface area contributed by atoms with Crippen LogP contribution >= 0.6 is 0 Å². The van der Waals surface area contributed by atoms with Crippen molar-refractivity contribution in [1.29, 1.82) is 0 Å². The molecule has 0 spiro atoms. The fraction of sp³-hybridized carbons (Fsp3) is 0.846. The van der Waals surface area contributed by atoms with E-state index in [0.29, 0.717) is 26.2 Å². The summed E-state index contributed by atoms with van der Waals surface area (Å²) in [7, 11) is 0. The molecule has 1 saturated heterocycles. The molecule has 0 aromatic heterocycles. The molecule has 0 radical (unpaired) electrons. The molecule has 0 aromatic carbocycles. The average molecular weight is 287 g/mol. The number of aliphatic hydroxyl groups excluding tert-OH is 1. The zero-order valence-corrected chi connectivity index (χ0v) is 12.3. The molecular formula is C13H25N3O4. The van der Waals surface area contributed by atoms with Crippen LogP contribution in [-0.2, 0) is 4.79 Å². The van der Waals surface area contributed by atoms with Gasteiger partial charge in [-0.05, 0) is 26.8 Å². The van der Waals surface area contributed by atoms with E-state index in [0.717, 1.165) is 13.0 Å². The van der Waals surface area contributed by atoms with Crippen LogP contribution in [0.25, 0.3) is 0 Å². The molecule has 1 aliphatic heterocycles. The van der Waals surface area contributed by atoms with Crippen LogP contribution in [0.1, 0.15) is 20.3 Å². The highest BCUT2D eigenvalue weighted by Gasteiger charge is 2.26. The van der Waals surface area contributed by atoms with Crippen molar-refractivity contribution < 1.29 is 19.8 Å². The molecular weight excluding hydrogens is 262 g/mol. The molecule has 0 bridgehead atoms. The van der Waals surface area contributed by atoms with Crippen LogP contribution in [0.4, 0.5) is 4.79 Å². The SMILES string of the molecule is CC(C)N(CC(=O)O)C(=O)N1CCCN(CCO)CC1. The monoisotopic (exact) mass is 287 g/mol. The summed E-state index contributed by atoms with van der Waals surface area (Å²) in [5.74, 6) is -0.997. The molecule has 2 N–H and O–H groups in total.